The Morgan fingerprint density at radius 2 is 2.08 bits per heavy atom. The van der Waals surface area contributed by atoms with Crippen LogP contribution < -0.4 is 4.74 Å². The molecule has 0 saturated carbocycles. The summed E-state index contributed by atoms with van der Waals surface area (Å²) in [5.74, 6) is 0.687. The van der Waals surface area contributed by atoms with Gasteiger partial charge in [-0.3, -0.25) is 10.2 Å². The molecule has 0 saturated heterocycles. The quantitative estimate of drug-likeness (QED) is 0.854. The van der Waals surface area contributed by atoms with Crippen molar-refractivity contribution >= 4 is 39.8 Å². The number of hydrazone groups is 1. The molecule has 2 aromatic rings. The molecule has 1 N–H and O–H groups in total. The molecule has 0 spiro atoms. The fourth-order valence-corrected chi connectivity index (χ4v) is 3.07. The van der Waals surface area contributed by atoms with Gasteiger partial charge in [-0.25, -0.2) is 0 Å². The SMILES string of the molecule is N=C1/C(=C\c2ccco2)C(=O)N=C2SC(COc3ccccc3)=NN12. The van der Waals surface area contributed by atoms with Gasteiger partial charge in [0.2, 0.25) is 5.17 Å². The molecule has 8 heteroatoms. The maximum absolute atomic E-state index is 12.2. The van der Waals surface area contributed by atoms with E-state index in [2.05, 4.69) is 10.1 Å². The van der Waals surface area contributed by atoms with Gasteiger partial charge in [0.05, 0.1) is 11.8 Å². The standard InChI is InChI=1S/C17H12N4O3S/c18-15-13(9-12-7-4-8-23-12)16(22)19-17-21(15)20-14(25-17)10-24-11-5-2-1-3-6-11/h1-9,18H,10H2/b13-9+,18-15?. The smallest absolute Gasteiger partial charge is 0.283 e. The minimum absolute atomic E-state index is 0.0337. The number of furan rings is 1. The lowest BCUT2D eigenvalue weighted by atomic mass is 10.1. The average molecular weight is 352 g/mol. The number of amides is 1. The molecule has 0 aliphatic carbocycles. The van der Waals surface area contributed by atoms with Crippen LogP contribution in [-0.2, 0) is 4.79 Å². The van der Waals surface area contributed by atoms with Gasteiger partial charge in [0.15, 0.2) is 5.84 Å². The fraction of sp³-hybridized carbons (Fsp3) is 0.0588. The van der Waals surface area contributed by atoms with Crippen LogP contribution in [0.25, 0.3) is 6.08 Å². The van der Waals surface area contributed by atoms with Crippen molar-refractivity contribution in [2.45, 2.75) is 0 Å². The molecular weight excluding hydrogens is 340 g/mol. The topological polar surface area (TPSA) is 91.2 Å². The molecule has 124 valence electrons. The van der Waals surface area contributed by atoms with E-state index in [4.69, 9.17) is 14.6 Å². The zero-order valence-electron chi connectivity index (χ0n) is 12.9. The number of carbonyl (C=O) groups is 1. The minimum Gasteiger partial charge on any atom is -0.487 e. The number of rotatable bonds is 4. The molecule has 1 amide bonds. The molecule has 0 radical (unpaired) electrons. The number of ether oxygens (including phenoxy) is 1. The zero-order valence-corrected chi connectivity index (χ0v) is 13.7. The highest BCUT2D eigenvalue weighted by Crippen LogP contribution is 2.28. The highest BCUT2D eigenvalue weighted by molar-refractivity contribution is 8.27. The number of hydrogen-bond donors (Lipinski definition) is 1. The lowest BCUT2D eigenvalue weighted by Gasteiger charge is -2.19. The molecule has 0 fully saturated rings. The van der Waals surface area contributed by atoms with E-state index in [-0.39, 0.29) is 18.0 Å². The zero-order chi connectivity index (χ0) is 17.2. The van der Waals surface area contributed by atoms with Gasteiger partial charge < -0.3 is 9.15 Å². The van der Waals surface area contributed by atoms with Crippen molar-refractivity contribution in [3.8, 4) is 5.75 Å². The molecule has 25 heavy (non-hydrogen) atoms. The van der Waals surface area contributed by atoms with E-state index in [1.54, 1.807) is 12.1 Å². The van der Waals surface area contributed by atoms with Gasteiger partial charge >= 0.3 is 0 Å². The predicted octanol–water partition coefficient (Wildman–Crippen LogP) is 2.98. The first-order valence-corrected chi connectivity index (χ1v) is 8.23. The minimum atomic E-state index is -0.486. The Labute approximate surface area is 147 Å². The molecule has 1 aromatic heterocycles. The molecule has 0 atom stereocenters. The number of carbonyl (C=O) groups excluding carboxylic acids is 1. The van der Waals surface area contributed by atoms with Crippen LogP contribution in [0.1, 0.15) is 5.76 Å². The van der Waals surface area contributed by atoms with Crippen molar-refractivity contribution in [1.82, 2.24) is 5.01 Å². The van der Waals surface area contributed by atoms with Crippen molar-refractivity contribution in [2.75, 3.05) is 6.61 Å². The third-order valence-corrected chi connectivity index (χ3v) is 4.31. The van der Waals surface area contributed by atoms with Gasteiger partial charge in [-0.15, -0.1) is 0 Å². The largest absolute Gasteiger partial charge is 0.487 e. The molecule has 3 heterocycles. The second-order valence-electron chi connectivity index (χ2n) is 5.13. The van der Waals surface area contributed by atoms with Crippen molar-refractivity contribution in [1.29, 1.82) is 5.41 Å². The summed E-state index contributed by atoms with van der Waals surface area (Å²) >= 11 is 1.22. The van der Waals surface area contributed by atoms with E-state index in [0.717, 1.165) is 5.75 Å². The van der Waals surface area contributed by atoms with Crippen molar-refractivity contribution in [3.05, 3.63) is 60.1 Å². The van der Waals surface area contributed by atoms with Crippen LogP contribution in [0, 0.1) is 5.41 Å². The van der Waals surface area contributed by atoms with Crippen molar-refractivity contribution in [3.63, 3.8) is 0 Å². The molecule has 2 aliphatic heterocycles. The fourth-order valence-electron chi connectivity index (χ4n) is 2.27. The number of nitrogens with one attached hydrogen (secondary N) is 1. The number of amidine groups is 2. The first-order valence-electron chi connectivity index (χ1n) is 7.41. The van der Waals surface area contributed by atoms with Crippen molar-refractivity contribution < 1.29 is 13.9 Å². The van der Waals surface area contributed by atoms with Gasteiger partial charge in [0.1, 0.15) is 23.2 Å². The van der Waals surface area contributed by atoms with Gasteiger partial charge in [-0.05, 0) is 42.1 Å². The molecule has 0 unspecified atom stereocenters. The van der Waals surface area contributed by atoms with E-state index in [1.165, 1.54) is 29.1 Å². The highest BCUT2D eigenvalue weighted by atomic mass is 32.2. The first-order chi connectivity index (χ1) is 12.2. The van der Waals surface area contributed by atoms with E-state index >= 15 is 0 Å². The van der Waals surface area contributed by atoms with Gasteiger partial charge in [-0.2, -0.15) is 15.1 Å². The monoisotopic (exact) mass is 352 g/mol. The maximum Gasteiger partial charge on any atom is 0.283 e. The molecule has 4 rings (SSSR count). The summed E-state index contributed by atoms with van der Waals surface area (Å²) in [4.78, 5) is 16.2. The van der Waals surface area contributed by atoms with Gasteiger partial charge in [-0.1, -0.05) is 18.2 Å². The number of nitrogens with zero attached hydrogens (tertiary/aromatic N) is 3. The Bertz CT molecular complexity index is 917. The maximum atomic E-state index is 12.2. The van der Waals surface area contributed by atoms with Crippen LogP contribution in [0.5, 0.6) is 5.75 Å². The lowest BCUT2D eigenvalue weighted by Crippen LogP contribution is -2.35. The molecular formula is C17H12N4O3S. The number of aliphatic imine (C=N–C) groups is 1. The van der Waals surface area contributed by atoms with Crippen LogP contribution in [0.15, 0.2) is 68.8 Å². The summed E-state index contributed by atoms with van der Waals surface area (Å²) in [5, 5.41) is 14.9. The third-order valence-electron chi connectivity index (χ3n) is 3.43. The average Bonchev–Trinajstić information content (AvgIpc) is 3.27. The summed E-state index contributed by atoms with van der Waals surface area (Å²) in [7, 11) is 0. The molecule has 2 aliphatic rings. The van der Waals surface area contributed by atoms with E-state index in [9.17, 15) is 4.79 Å². The highest BCUT2D eigenvalue weighted by Gasteiger charge is 2.35. The number of thioether (sulfide) groups is 1. The third kappa shape index (κ3) is 3.11. The normalized spacial score (nSPS) is 18.2. The van der Waals surface area contributed by atoms with Crippen molar-refractivity contribution in [2.24, 2.45) is 10.1 Å². The Hall–Kier alpha value is -3.13. The first kappa shape index (κ1) is 15.4. The predicted molar refractivity (Wildman–Crippen MR) is 95.7 cm³/mol. The van der Waals surface area contributed by atoms with Crippen LogP contribution in [0.2, 0.25) is 0 Å². The van der Waals surface area contributed by atoms with E-state index in [0.29, 0.717) is 16.0 Å². The second kappa shape index (κ2) is 6.40. The summed E-state index contributed by atoms with van der Waals surface area (Å²) in [6.45, 7) is 0.239. The molecule has 1 aromatic carbocycles. The van der Waals surface area contributed by atoms with Crippen LogP contribution >= 0.6 is 11.8 Å². The summed E-state index contributed by atoms with van der Waals surface area (Å²) in [6, 6.07) is 12.8. The lowest BCUT2D eigenvalue weighted by molar-refractivity contribution is -0.114. The Morgan fingerprint density at radius 1 is 1.24 bits per heavy atom. The Kier molecular flexibility index (Phi) is 3.95. The number of benzene rings is 1. The second-order valence-corrected chi connectivity index (χ2v) is 6.17. The van der Waals surface area contributed by atoms with E-state index in [1.807, 2.05) is 30.3 Å². The molecule has 0 bridgehead atoms. The summed E-state index contributed by atoms with van der Waals surface area (Å²) in [5.41, 5.74) is 0.133. The molecule has 7 nitrogen and oxygen atoms in total. The Balaban J connectivity index is 1.53. The summed E-state index contributed by atoms with van der Waals surface area (Å²) < 4.78 is 10.9. The van der Waals surface area contributed by atoms with Gasteiger partial charge in [0.25, 0.3) is 5.91 Å². The van der Waals surface area contributed by atoms with E-state index < -0.39 is 5.91 Å². The summed E-state index contributed by atoms with van der Waals surface area (Å²) in [6.07, 6.45) is 2.99. The van der Waals surface area contributed by atoms with Crippen LogP contribution in [-0.4, -0.2) is 33.6 Å². The van der Waals surface area contributed by atoms with Gasteiger partial charge in [0, 0.05) is 0 Å². The number of hydrogen-bond acceptors (Lipinski definition) is 6. The number of para-hydroxylation sites is 1. The van der Waals surface area contributed by atoms with Crippen LogP contribution in [0.4, 0.5) is 0 Å². The van der Waals surface area contributed by atoms with Crippen LogP contribution in [0.3, 0.4) is 0 Å². The number of fused-ring (bicyclic) bond motifs is 1. The Morgan fingerprint density at radius 3 is 2.84 bits per heavy atom.